The topological polar surface area (TPSA) is 93.7 Å². The molecular weight excluding hydrogens is 634 g/mol. The SMILES string of the molecule is CC(C)Oc1cc(F)cc(F)c1-c1c(-c2cc3c(cn2)CCN(C(=O)OC(C)(C)C)C3)nc(-c2ccc3c(c2)CNC3=O)c2ccsc12. The number of carbonyl (C=O) groups is 2. The molecule has 8 nitrogen and oxygen atoms in total. The Hall–Kier alpha value is -4.90. The van der Waals surface area contributed by atoms with Gasteiger partial charge < -0.3 is 19.7 Å². The van der Waals surface area contributed by atoms with Crippen LogP contribution in [0.25, 0.3) is 43.9 Å². The maximum Gasteiger partial charge on any atom is 0.410 e. The van der Waals surface area contributed by atoms with Crippen molar-refractivity contribution in [2.45, 2.75) is 65.8 Å². The van der Waals surface area contributed by atoms with Crippen molar-refractivity contribution in [2.75, 3.05) is 6.54 Å². The van der Waals surface area contributed by atoms with Crippen molar-refractivity contribution >= 4 is 33.4 Å². The van der Waals surface area contributed by atoms with E-state index in [1.165, 1.54) is 17.4 Å². The van der Waals surface area contributed by atoms with Crippen molar-refractivity contribution in [1.82, 2.24) is 20.2 Å². The maximum atomic E-state index is 16.1. The Labute approximate surface area is 280 Å². The highest BCUT2D eigenvalue weighted by Gasteiger charge is 2.30. The largest absolute Gasteiger partial charge is 0.490 e. The summed E-state index contributed by atoms with van der Waals surface area (Å²) >= 11 is 1.41. The third-order valence-corrected chi connectivity index (χ3v) is 9.22. The fraction of sp³-hybridized carbons (Fsp3) is 0.297. The lowest BCUT2D eigenvalue weighted by molar-refractivity contribution is 0.0223. The van der Waals surface area contributed by atoms with E-state index in [9.17, 15) is 14.0 Å². The summed E-state index contributed by atoms with van der Waals surface area (Å²) in [6, 6.07) is 11.4. The van der Waals surface area contributed by atoms with Gasteiger partial charge in [0.1, 0.15) is 23.0 Å². The average Bonchev–Trinajstić information content (AvgIpc) is 3.66. The second kappa shape index (κ2) is 12.0. The highest BCUT2D eigenvalue weighted by molar-refractivity contribution is 7.18. The molecule has 48 heavy (non-hydrogen) atoms. The number of carbonyl (C=O) groups excluding carboxylic acids is 2. The molecule has 2 aliphatic heterocycles. The fourth-order valence-corrected chi connectivity index (χ4v) is 7.18. The van der Waals surface area contributed by atoms with E-state index in [-0.39, 0.29) is 23.3 Å². The highest BCUT2D eigenvalue weighted by Crippen LogP contribution is 2.47. The van der Waals surface area contributed by atoms with Crippen molar-refractivity contribution in [3.05, 3.63) is 87.9 Å². The van der Waals surface area contributed by atoms with Crippen LogP contribution in [-0.2, 0) is 24.2 Å². The van der Waals surface area contributed by atoms with Gasteiger partial charge in [-0.1, -0.05) is 6.07 Å². The summed E-state index contributed by atoms with van der Waals surface area (Å²) < 4.78 is 43.1. The number of nitrogens with zero attached hydrogens (tertiary/aromatic N) is 3. The Morgan fingerprint density at radius 3 is 2.60 bits per heavy atom. The van der Waals surface area contributed by atoms with Crippen LogP contribution in [-0.4, -0.2) is 45.1 Å². The van der Waals surface area contributed by atoms with Crippen molar-refractivity contribution < 1.29 is 27.8 Å². The first kappa shape index (κ1) is 31.7. The third-order valence-electron chi connectivity index (χ3n) is 8.29. The molecule has 2 amide bonds. The molecule has 0 unspecified atom stereocenters. The van der Waals surface area contributed by atoms with E-state index in [4.69, 9.17) is 19.4 Å². The molecular formula is C37H34F2N4O4S. The quantitative estimate of drug-likeness (QED) is 0.203. The molecule has 3 aromatic heterocycles. The molecule has 0 spiro atoms. The molecule has 246 valence electrons. The van der Waals surface area contributed by atoms with Gasteiger partial charge in [0.05, 0.1) is 28.7 Å². The predicted octanol–water partition coefficient (Wildman–Crippen LogP) is 8.29. The van der Waals surface area contributed by atoms with Crippen LogP contribution in [0.3, 0.4) is 0 Å². The molecule has 0 aliphatic carbocycles. The zero-order valence-electron chi connectivity index (χ0n) is 27.2. The van der Waals surface area contributed by atoms with E-state index < -0.39 is 23.3 Å². The third kappa shape index (κ3) is 5.87. The van der Waals surface area contributed by atoms with Crippen LogP contribution >= 0.6 is 11.3 Å². The zero-order chi connectivity index (χ0) is 33.9. The van der Waals surface area contributed by atoms with Gasteiger partial charge in [0.25, 0.3) is 5.91 Å². The number of benzene rings is 2. The van der Waals surface area contributed by atoms with Gasteiger partial charge in [-0.2, -0.15) is 0 Å². The second-order valence-corrected chi connectivity index (χ2v) is 14.2. The molecule has 2 aromatic carbocycles. The summed E-state index contributed by atoms with van der Waals surface area (Å²) in [4.78, 5) is 37.0. The lowest BCUT2D eigenvalue weighted by Crippen LogP contribution is -2.39. The van der Waals surface area contributed by atoms with Gasteiger partial charge in [0, 0.05) is 64.7 Å². The van der Waals surface area contributed by atoms with Crippen molar-refractivity contribution in [1.29, 1.82) is 0 Å². The number of hydrogen-bond donors (Lipinski definition) is 1. The molecule has 0 saturated carbocycles. The summed E-state index contributed by atoms with van der Waals surface area (Å²) in [5.74, 6) is -1.60. The minimum Gasteiger partial charge on any atom is -0.490 e. The monoisotopic (exact) mass is 668 g/mol. The van der Waals surface area contributed by atoms with Gasteiger partial charge in [-0.05, 0) is 87.4 Å². The molecule has 0 saturated heterocycles. The normalized spacial score (nSPS) is 14.2. The number of rotatable bonds is 5. The van der Waals surface area contributed by atoms with E-state index in [2.05, 4.69) is 5.32 Å². The van der Waals surface area contributed by atoms with Gasteiger partial charge in [-0.3, -0.25) is 9.78 Å². The molecule has 1 N–H and O–H groups in total. The van der Waals surface area contributed by atoms with Gasteiger partial charge in [-0.15, -0.1) is 11.3 Å². The van der Waals surface area contributed by atoms with Gasteiger partial charge in [-0.25, -0.2) is 18.6 Å². The standard InChI is InChI=1S/C37H34F2N4O4S/c1-19(2)46-29-15-24(38)14-27(39)30(29)31-33(28-13-23-18-43(10-8-21(23)16-40-28)36(45)47-37(3,4)5)42-32(26-9-11-48-34(26)31)20-6-7-25-22(12-20)17-41-35(25)44/h6-7,9,11-16,19H,8,10,17-18H2,1-5H3,(H,41,44). The van der Waals surface area contributed by atoms with E-state index in [0.29, 0.717) is 54.3 Å². The number of pyridine rings is 2. The number of thiophene rings is 1. The van der Waals surface area contributed by atoms with Gasteiger partial charge in [0.2, 0.25) is 0 Å². The van der Waals surface area contributed by atoms with Crippen LogP contribution in [0.15, 0.2) is 54.0 Å². The number of amides is 2. The smallest absolute Gasteiger partial charge is 0.410 e. The number of aromatic nitrogens is 2. The first-order valence-corrected chi connectivity index (χ1v) is 16.7. The molecule has 5 heterocycles. The number of hydrogen-bond acceptors (Lipinski definition) is 7. The summed E-state index contributed by atoms with van der Waals surface area (Å²) in [6.07, 6.45) is 1.61. The Bertz CT molecular complexity index is 2120. The van der Waals surface area contributed by atoms with Gasteiger partial charge in [0.15, 0.2) is 0 Å². The molecule has 0 bridgehead atoms. The summed E-state index contributed by atoms with van der Waals surface area (Å²) in [6.45, 7) is 10.3. The Morgan fingerprint density at radius 2 is 1.83 bits per heavy atom. The van der Waals surface area contributed by atoms with Crippen LogP contribution < -0.4 is 10.1 Å². The molecule has 5 aromatic rings. The van der Waals surface area contributed by atoms with E-state index in [1.54, 1.807) is 31.0 Å². The summed E-state index contributed by atoms with van der Waals surface area (Å²) in [5.41, 5.74) is 5.49. The van der Waals surface area contributed by atoms with Crippen LogP contribution in [0, 0.1) is 11.6 Å². The van der Waals surface area contributed by atoms with Crippen molar-refractivity contribution in [3.63, 3.8) is 0 Å². The zero-order valence-corrected chi connectivity index (χ0v) is 28.1. The fourth-order valence-electron chi connectivity index (χ4n) is 6.23. The van der Waals surface area contributed by atoms with Crippen LogP contribution in [0.4, 0.5) is 13.6 Å². The Kier molecular flexibility index (Phi) is 7.90. The number of nitrogens with one attached hydrogen (secondary N) is 1. The number of ether oxygens (including phenoxy) is 2. The first-order chi connectivity index (χ1) is 22.9. The molecule has 2 aliphatic rings. The van der Waals surface area contributed by atoms with Crippen LogP contribution in [0.2, 0.25) is 0 Å². The lowest BCUT2D eigenvalue weighted by Gasteiger charge is -2.31. The first-order valence-electron chi connectivity index (χ1n) is 15.8. The lowest BCUT2D eigenvalue weighted by atomic mass is 9.94. The van der Waals surface area contributed by atoms with Crippen LogP contribution in [0.1, 0.15) is 61.7 Å². The van der Waals surface area contributed by atoms with Crippen LogP contribution in [0.5, 0.6) is 5.75 Å². The van der Waals surface area contributed by atoms with E-state index in [1.807, 2.05) is 50.4 Å². The Balaban J connectivity index is 1.45. The summed E-state index contributed by atoms with van der Waals surface area (Å²) in [7, 11) is 0. The maximum absolute atomic E-state index is 16.1. The minimum absolute atomic E-state index is 0.0594. The van der Waals surface area contributed by atoms with Gasteiger partial charge >= 0.3 is 6.09 Å². The Morgan fingerprint density at radius 1 is 1.02 bits per heavy atom. The molecule has 7 rings (SSSR count). The molecule has 0 fully saturated rings. The minimum atomic E-state index is -0.785. The van der Waals surface area contributed by atoms with Crippen molar-refractivity contribution in [3.8, 4) is 39.5 Å². The van der Waals surface area contributed by atoms with Crippen molar-refractivity contribution in [2.24, 2.45) is 0 Å². The summed E-state index contributed by atoms with van der Waals surface area (Å²) in [5, 5.41) is 5.53. The average molecular weight is 669 g/mol. The number of fused-ring (bicyclic) bond motifs is 3. The molecule has 0 atom stereocenters. The van der Waals surface area contributed by atoms with E-state index in [0.717, 1.165) is 38.4 Å². The number of halogens is 2. The molecule has 11 heteroatoms. The van der Waals surface area contributed by atoms with E-state index >= 15 is 4.39 Å². The highest BCUT2D eigenvalue weighted by atomic mass is 32.1. The second-order valence-electron chi connectivity index (χ2n) is 13.3. The predicted molar refractivity (Wildman–Crippen MR) is 181 cm³/mol. The molecule has 0 radical (unpaired) electrons.